The molecule has 3 rings (SSSR count). The molecule has 2 heterocycles. The molecule has 0 radical (unpaired) electrons. The van der Waals surface area contributed by atoms with Gasteiger partial charge in [-0.15, -0.1) is 0 Å². The molecule has 0 fully saturated rings. The van der Waals surface area contributed by atoms with Gasteiger partial charge in [0.25, 0.3) is 5.69 Å². The predicted octanol–water partition coefficient (Wildman–Crippen LogP) is 3.03. The normalized spacial score (nSPS) is 22.0. The molecular weight excluding hydrogens is 350 g/mol. The van der Waals surface area contributed by atoms with E-state index in [1.165, 1.54) is 19.2 Å². The number of carbonyl (C=O) groups excluding carboxylic acids is 1. The number of carbonyl (C=O) groups is 1. The Labute approximate surface area is 156 Å². The lowest BCUT2D eigenvalue weighted by atomic mass is 9.75. The van der Waals surface area contributed by atoms with Crippen molar-refractivity contribution in [3.05, 3.63) is 51.2 Å². The van der Waals surface area contributed by atoms with Crippen molar-refractivity contribution in [1.82, 2.24) is 0 Å². The first kappa shape index (κ1) is 18.8. The average Bonchev–Trinajstić information content (AvgIpc) is 3.20. The number of esters is 1. The zero-order valence-electron chi connectivity index (χ0n) is 15.5. The van der Waals surface area contributed by atoms with E-state index in [0.29, 0.717) is 42.3 Å². The van der Waals surface area contributed by atoms with Crippen LogP contribution in [0.5, 0.6) is 0 Å². The van der Waals surface area contributed by atoms with Gasteiger partial charge in [0, 0.05) is 35.0 Å². The van der Waals surface area contributed by atoms with Gasteiger partial charge in [0.15, 0.2) is 0 Å². The first-order chi connectivity index (χ1) is 13.0. The van der Waals surface area contributed by atoms with Crippen molar-refractivity contribution in [2.75, 3.05) is 20.3 Å². The van der Waals surface area contributed by atoms with Gasteiger partial charge in [-0.1, -0.05) is 19.1 Å². The Morgan fingerprint density at radius 1 is 1.44 bits per heavy atom. The number of ether oxygens (including phenoxy) is 2. The van der Waals surface area contributed by atoms with E-state index in [1.54, 1.807) is 19.1 Å². The van der Waals surface area contributed by atoms with E-state index in [-0.39, 0.29) is 5.69 Å². The fourth-order valence-electron chi connectivity index (χ4n) is 3.58. The van der Waals surface area contributed by atoms with E-state index in [1.807, 2.05) is 6.92 Å². The van der Waals surface area contributed by atoms with Crippen LogP contribution in [0.1, 0.15) is 31.7 Å². The molecule has 0 aromatic heterocycles. The molecule has 0 amide bonds. The van der Waals surface area contributed by atoms with Crippen LogP contribution in [0.3, 0.4) is 0 Å². The second-order valence-electron chi connectivity index (χ2n) is 6.33. The summed E-state index contributed by atoms with van der Waals surface area (Å²) in [7, 11) is 1.32. The number of hydrogen-bond acceptors (Lipinski definition) is 7. The smallest absolute Gasteiger partial charge is 0.315 e. The highest BCUT2D eigenvalue weighted by atomic mass is 16.6. The van der Waals surface area contributed by atoms with Gasteiger partial charge in [-0.25, -0.2) is 4.99 Å². The van der Waals surface area contributed by atoms with Gasteiger partial charge >= 0.3 is 5.97 Å². The first-order valence-electron chi connectivity index (χ1n) is 8.76. The maximum Gasteiger partial charge on any atom is 0.315 e. The molecule has 0 aliphatic carbocycles. The van der Waals surface area contributed by atoms with Crippen LogP contribution in [0.4, 0.5) is 5.69 Å². The lowest BCUT2D eigenvalue weighted by molar-refractivity contribution is -0.384. The number of rotatable bonds is 5. The molecule has 2 atom stereocenters. The molecule has 2 aliphatic heterocycles. The van der Waals surface area contributed by atoms with E-state index in [4.69, 9.17) is 9.47 Å². The number of aliphatic imine (C=N–C) groups is 2. The molecule has 0 bridgehead atoms. The van der Waals surface area contributed by atoms with E-state index in [0.717, 1.165) is 5.70 Å². The Kier molecular flexibility index (Phi) is 5.34. The second-order valence-corrected chi connectivity index (χ2v) is 6.33. The highest BCUT2D eigenvalue weighted by Crippen LogP contribution is 2.42. The lowest BCUT2D eigenvalue weighted by Crippen LogP contribution is -2.36. The number of allylic oxidation sites excluding steroid dienone is 1. The van der Waals surface area contributed by atoms with Crippen LogP contribution in [0, 0.1) is 16.0 Å². The van der Waals surface area contributed by atoms with Crippen molar-refractivity contribution < 1.29 is 19.2 Å². The minimum absolute atomic E-state index is 0.0389. The minimum Gasteiger partial charge on any atom is -0.476 e. The summed E-state index contributed by atoms with van der Waals surface area (Å²) >= 11 is 0. The number of benzene rings is 1. The predicted molar refractivity (Wildman–Crippen MR) is 100 cm³/mol. The molecule has 2 unspecified atom stereocenters. The third-order valence-electron chi connectivity index (χ3n) is 4.76. The van der Waals surface area contributed by atoms with Crippen molar-refractivity contribution in [2.45, 2.75) is 26.2 Å². The number of methoxy groups -OCH3 is 1. The molecular formula is C19H21N3O5. The topological polar surface area (TPSA) is 103 Å². The van der Waals surface area contributed by atoms with Gasteiger partial charge < -0.3 is 9.47 Å². The molecule has 8 nitrogen and oxygen atoms in total. The Bertz CT molecular complexity index is 872. The number of nitro groups is 1. The summed E-state index contributed by atoms with van der Waals surface area (Å²) < 4.78 is 10.7. The van der Waals surface area contributed by atoms with Crippen molar-refractivity contribution in [2.24, 2.45) is 15.9 Å². The molecule has 27 heavy (non-hydrogen) atoms. The minimum atomic E-state index is -0.700. The van der Waals surface area contributed by atoms with Crippen LogP contribution in [-0.4, -0.2) is 42.8 Å². The van der Waals surface area contributed by atoms with E-state index >= 15 is 0 Å². The van der Waals surface area contributed by atoms with Gasteiger partial charge in [-0.3, -0.25) is 19.9 Å². The first-order valence-corrected chi connectivity index (χ1v) is 8.76. The molecule has 0 spiro atoms. The Hall–Kier alpha value is -3.03. The quantitative estimate of drug-likeness (QED) is 0.449. The summed E-state index contributed by atoms with van der Waals surface area (Å²) in [6.45, 7) is 4.73. The maximum atomic E-state index is 12.6. The summed E-state index contributed by atoms with van der Waals surface area (Å²) in [5.41, 5.74) is 2.68. The SMILES string of the molecule is CCC1=C(C2=NCCO2)C(c2cccc([N+](=O)[O-])c2)C(C(=O)OC)C(C)=N1. The Morgan fingerprint density at radius 2 is 2.22 bits per heavy atom. The van der Waals surface area contributed by atoms with Crippen LogP contribution in [0.25, 0.3) is 0 Å². The molecule has 1 aromatic carbocycles. The molecule has 142 valence electrons. The molecule has 0 saturated heterocycles. The van der Waals surface area contributed by atoms with Crippen LogP contribution in [0.15, 0.2) is 45.5 Å². The maximum absolute atomic E-state index is 12.6. The van der Waals surface area contributed by atoms with E-state index < -0.39 is 22.7 Å². The van der Waals surface area contributed by atoms with Crippen molar-refractivity contribution in [1.29, 1.82) is 0 Å². The third kappa shape index (κ3) is 3.47. The number of nitro benzene ring substituents is 1. The summed E-state index contributed by atoms with van der Waals surface area (Å²) in [6.07, 6.45) is 0.619. The van der Waals surface area contributed by atoms with Gasteiger partial charge in [-0.05, 0) is 18.9 Å². The Balaban J connectivity index is 2.23. The fourth-order valence-corrected chi connectivity index (χ4v) is 3.58. The highest BCUT2D eigenvalue weighted by Gasteiger charge is 2.42. The summed E-state index contributed by atoms with van der Waals surface area (Å²) in [4.78, 5) is 32.4. The van der Waals surface area contributed by atoms with Gasteiger partial charge in [0.1, 0.15) is 12.5 Å². The molecule has 8 heteroatoms. The summed E-state index contributed by atoms with van der Waals surface area (Å²) in [5.74, 6) is -1.21. The zero-order valence-corrected chi connectivity index (χ0v) is 15.5. The molecule has 1 aromatic rings. The van der Waals surface area contributed by atoms with Crippen LogP contribution in [0.2, 0.25) is 0 Å². The van der Waals surface area contributed by atoms with Gasteiger partial charge in [0.05, 0.1) is 18.6 Å². The molecule has 0 N–H and O–H groups in total. The monoisotopic (exact) mass is 371 g/mol. The second kappa shape index (κ2) is 7.69. The average molecular weight is 371 g/mol. The van der Waals surface area contributed by atoms with Crippen molar-refractivity contribution in [3.8, 4) is 0 Å². The lowest BCUT2D eigenvalue weighted by Gasteiger charge is -2.32. The van der Waals surface area contributed by atoms with Crippen LogP contribution in [-0.2, 0) is 14.3 Å². The van der Waals surface area contributed by atoms with Crippen molar-refractivity contribution in [3.63, 3.8) is 0 Å². The zero-order chi connectivity index (χ0) is 19.6. The highest BCUT2D eigenvalue weighted by molar-refractivity contribution is 6.08. The summed E-state index contributed by atoms with van der Waals surface area (Å²) in [5, 5.41) is 11.3. The van der Waals surface area contributed by atoms with Gasteiger partial charge in [0.2, 0.25) is 5.90 Å². The number of non-ortho nitro benzene ring substituents is 1. The molecule has 2 aliphatic rings. The van der Waals surface area contributed by atoms with Crippen LogP contribution >= 0.6 is 0 Å². The van der Waals surface area contributed by atoms with E-state index in [2.05, 4.69) is 9.98 Å². The molecule has 0 saturated carbocycles. The largest absolute Gasteiger partial charge is 0.476 e. The third-order valence-corrected chi connectivity index (χ3v) is 4.76. The summed E-state index contributed by atoms with van der Waals surface area (Å²) in [6, 6.07) is 6.30. The number of hydrogen-bond donors (Lipinski definition) is 0. The Morgan fingerprint density at radius 3 is 2.81 bits per heavy atom. The van der Waals surface area contributed by atoms with Gasteiger partial charge in [-0.2, -0.15) is 0 Å². The van der Waals surface area contributed by atoms with Crippen molar-refractivity contribution >= 4 is 23.3 Å². The fraction of sp³-hybridized carbons (Fsp3) is 0.421. The van der Waals surface area contributed by atoms with Crippen LogP contribution < -0.4 is 0 Å². The standard InChI is InChI=1S/C19H21N3O5/c1-4-14-17(18-20-8-9-27-18)16(15(11(2)21-14)19(23)26-3)12-6-5-7-13(10-12)22(24)25/h5-7,10,15-16H,4,8-9H2,1-3H3. The number of nitrogens with zero attached hydrogens (tertiary/aromatic N) is 3. The van der Waals surface area contributed by atoms with E-state index in [9.17, 15) is 14.9 Å².